The van der Waals surface area contributed by atoms with Crippen molar-refractivity contribution < 1.29 is 32.3 Å². The predicted molar refractivity (Wildman–Crippen MR) is 108 cm³/mol. The first-order chi connectivity index (χ1) is 15.3. The third-order valence-electron chi connectivity index (χ3n) is 5.50. The van der Waals surface area contributed by atoms with Gasteiger partial charge >= 0.3 is 12.3 Å². The molecule has 32 heavy (non-hydrogen) atoms. The van der Waals surface area contributed by atoms with Crippen LogP contribution in [0.1, 0.15) is 29.2 Å². The molecule has 3 aliphatic heterocycles. The number of ether oxygens (including phenoxy) is 1. The van der Waals surface area contributed by atoms with Crippen molar-refractivity contribution in [2.24, 2.45) is 0 Å². The third kappa shape index (κ3) is 4.20. The molecule has 0 radical (unpaired) electrons. The van der Waals surface area contributed by atoms with E-state index in [2.05, 4.69) is 0 Å². The molecule has 1 fully saturated rings. The van der Waals surface area contributed by atoms with Crippen molar-refractivity contribution in [1.29, 1.82) is 0 Å². The highest BCUT2D eigenvalue weighted by atomic mass is 19.4. The topological polar surface area (TPSA) is 59.1 Å². The highest BCUT2D eigenvalue weighted by Crippen LogP contribution is 2.41. The summed E-state index contributed by atoms with van der Waals surface area (Å²) in [5, 5.41) is 1.11. The van der Waals surface area contributed by atoms with Gasteiger partial charge in [0.25, 0.3) is 0 Å². The minimum atomic E-state index is -4.53. The number of hydrogen-bond donors (Lipinski definition) is 0. The minimum absolute atomic E-state index is 0.143. The van der Waals surface area contributed by atoms with Gasteiger partial charge in [0.05, 0.1) is 18.7 Å². The Morgan fingerprint density at radius 3 is 2.50 bits per heavy atom. The molecule has 0 aromatic heterocycles. The summed E-state index contributed by atoms with van der Waals surface area (Å²) >= 11 is 0. The van der Waals surface area contributed by atoms with Gasteiger partial charge in [0.1, 0.15) is 6.10 Å². The van der Waals surface area contributed by atoms with E-state index >= 15 is 0 Å². The smallest absolute Gasteiger partial charge is 0.416 e. The molecule has 3 atom stereocenters. The molecule has 2 amide bonds. The lowest BCUT2D eigenvalue weighted by Crippen LogP contribution is -2.63. The molecular formula is C23H21F3N2O4. The van der Waals surface area contributed by atoms with Crippen molar-refractivity contribution >= 4 is 12.0 Å². The van der Waals surface area contributed by atoms with Gasteiger partial charge < -0.3 is 4.74 Å². The number of hydroxylamine groups is 2. The average Bonchev–Trinajstić information content (AvgIpc) is 2.82. The normalized spacial score (nSPS) is 22.2. The number of carbonyl (C=O) groups excluding carboxylic acids is 2. The largest absolute Gasteiger partial charge is 0.453 e. The van der Waals surface area contributed by atoms with Crippen LogP contribution in [0.2, 0.25) is 0 Å². The van der Waals surface area contributed by atoms with Crippen LogP contribution in [0.15, 0.2) is 66.7 Å². The first kappa shape index (κ1) is 21.9. The van der Waals surface area contributed by atoms with Crippen LogP contribution in [0.25, 0.3) is 0 Å². The van der Waals surface area contributed by atoms with Crippen molar-refractivity contribution in [2.45, 2.75) is 37.3 Å². The molecular weight excluding hydrogens is 425 g/mol. The van der Waals surface area contributed by atoms with Crippen molar-refractivity contribution in [2.75, 3.05) is 7.11 Å². The molecule has 2 aromatic carbocycles. The lowest BCUT2D eigenvalue weighted by molar-refractivity contribution is -0.272. The summed E-state index contributed by atoms with van der Waals surface area (Å²) in [7, 11) is 1.18. The molecule has 0 N–H and O–H groups in total. The van der Waals surface area contributed by atoms with Gasteiger partial charge in [0, 0.05) is 6.42 Å². The number of methoxy groups -OCH3 is 1. The van der Waals surface area contributed by atoms with E-state index < -0.39 is 36.1 Å². The van der Waals surface area contributed by atoms with E-state index in [9.17, 15) is 22.8 Å². The molecule has 0 saturated carbocycles. The van der Waals surface area contributed by atoms with Crippen molar-refractivity contribution in [3.05, 3.63) is 83.4 Å². The van der Waals surface area contributed by atoms with Gasteiger partial charge in [-0.25, -0.2) is 4.79 Å². The molecule has 1 saturated heterocycles. The minimum Gasteiger partial charge on any atom is -0.453 e. The molecule has 168 valence electrons. The van der Waals surface area contributed by atoms with Crippen LogP contribution >= 0.6 is 0 Å². The van der Waals surface area contributed by atoms with Gasteiger partial charge in [-0.2, -0.15) is 18.2 Å². The van der Waals surface area contributed by atoms with Crippen molar-refractivity contribution in [3.63, 3.8) is 0 Å². The maximum atomic E-state index is 13.2. The van der Waals surface area contributed by atoms with Crippen LogP contribution in [0, 0.1) is 0 Å². The van der Waals surface area contributed by atoms with Crippen LogP contribution in [-0.2, 0) is 27.0 Å². The fourth-order valence-corrected chi connectivity index (χ4v) is 4.00. The van der Waals surface area contributed by atoms with Gasteiger partial charge in [-0.3, -0.25) is 14.5 Å². The van der Waals surface area contributed by atoms with E-state index in [0.29, 0.717) is 6.42 Å². The number of aryl methyl sites for hydroxylation is 1. The first-order valence-corrected chi connectivity index (χ1v) is 10.0. The second-order valence-electron chi connectivity index (χ2n) is 7.52. The Morgan fingerprint density at radius 1 is 1.06 bits per heavy atom. The maximum Gasteiger partial charge on any atom is 0.416 e. The SMILES string of the molecule is COC(=O)N1[C@H](c2cccc(C(F)(F)F)c2)[C@@H]2C=C[C@H]1N(C(=O)CCc1ccccc1)O2. The zero-order valence-corrected chi connectivity index (χ0v) is 17.2. The van der Waals surface area contributed by atoms with Gasteiger partial charge in [-0.05, 0) is 35.8 Å². The van der Waals surface area contributed by atoms with Crippen LogP contribution in [0.3, 0.4) is 0 Å². The standard InChI is InChI=1S/C23H21F3N2O4/c1-31-22(30)27-19-12-11-18(21(27)16-8-5-9-17(14-16)23(24,25)26)32-28(19)20(29)13-10-15-6-3-2-4-7-15/h2-9,11-12,14,18-19,21H,10,13H2,1H3/t18-,19+,21+/m0/s1. The Bertz CT molecular complexity index is 1030. The fraction of sp³-hybridized carbons (Fsp3) is 0.304. The van der Waals surface area contributed by atoms with Gasteiger partial charge in [0.15, 0.2) is 6.17 Å². The van der Waals surface area contributed by atoms with Crippen LogP contribution < -0.4 is 0 Å². The number of alkyl halides is 3. The molecule has 0 unspecified atom stereocenters. The second-order valence-corrected chi connectivity index (χ2v) is 7.52. The summed E-state index contributed by atoms with van der Waals surface area (Å²) < 4.78 is 44.6. The molecule has 0 aliphatic carbocycles. The van der Waals surface area contributed by atoms with Crippen LogP contribution in [0.5, 0.6) is 0 Å². The third-order valence-corrected chi connectivity index (χ3v) is 5.50. The molecule has 5 rings (SSSR count). The van der Waals surface area contributed by atoms with Crippen molar-refractivity contribution in [3.8, 4) is 0 Å². The number of fused-ring (bicyclic) bond motifs is 2. The van der Waals surface area contributed by atoms with E-state index in [4.69, 9.17) is 9.57 Å². The summed E-state index contributed by atoms with van der Waals surface area (Å²) in [6.07, 6.45) is -3.18. The summed E-state index contributed by atoms with van der Waals surface area (Å²) in [6.45, 7) is 0. The molecule has 6 nitrogen and oxygen atoms in total. The summed E-state index contributed by atoms with van der Waals surface area (Å²) in [4.78, 5) is 32.6. The van der Waals surface area contributed by atoms with E-state index in [-0.39, 0.29) is 17.9 Å². The quantitative estimate of drug-likeness (QED) is 0.650. The van der Waals surface area contributed by atoms with Gasteiger partial charge in [-0.15, -0.1) is 0 Å². The molecule has 0 spiro atoms. The molecule has 2 aromatic rings. The molecule has 9 heteroatoms. The lowest BCUT2D eigenvalue weighted by Gasteiger charge is -2.51. The summed E-state index contributed by atoms with van der Waals surface area (Å²) in [5.41, 5.74) is 0.382. The average molecular weight is 446 g/mol. The summed E-state index contributed by atoms with van der Waals surface area (Å²) in [5.74, 6) is -0.343. The Balaban J connectivity index is 1.60. The number of halogens is 3. The zero-order chi connectivity index (χ0) is 22.9. The number of carbonyl (C=O) groups is 2. The maximum absolute atomic E-state index is 13.2. The van der Waals surface area contributed by atoms with Gasteiger partial charge in [-0.1, -0.05) is 48.5 Å². The second kappa shape index (κ2) is 8.66. The number of rotatable bonds is 4. The Morgan fingerprint density at radius 2 is 1.81 bits per heavy atom. The van der Waals surface area contributed by atoms with E-state index in [1.807, 2.05) is 30.3 Å². The Hall–Kier alpha value is -3.33. The van der Waals surface area contributed by atoms with E-state index in [0.717, 1.165) is 22.8 Å². The number of amides is 2. The van der Waals surface area contributed by atoms with Crippen LogP contribution in [-0.4, -0.2) is 41.3 Å². The number of benzene rings is 2. The Kier molecular flexibility index (Phi) is 5.92. The highest BCUT2D eigenvalue weighted by molar-refractivity contribution is 5.78. The van der Waals surface area contributed by atoms with E-state index in [1.165, 1.54) is 24.1 Å². The monoisotopic (exact) mass is 446 g/mol. The molecule has 3 aliphatic rings. The number of hydrogen-bond acceptors (Lipinski definition) is 4. The van der Waals surface area contributed by atoms with Gasteiger partial charge in [0.2, 0.25) is 5.91 Å². The predicted octanol–water partition coefficient (Wildman–Crippen LogP) is 4.49. The molecule has 2 bridgehead atoms. The Labute approximate surface area is 182 Å². The molecule has 3 heterocycles. The first-order valence-electron chi connectivity index (χ1n) is 10.0. The van der Waals surface area contributed by atoms with Crippen LogP contribution in [0.4, 0.5) is 18.0 Å². The number of nitrogens with zero attached hydrogens (tertiary/aromatic N) is 2. The highest BCUT2D eigenvalue weighted by Gasteiger charge is 2.50. The van der Waals surface area contributed by atoms with E-state index in [1.54, 1.807) is 12.2 Å². The van der Waals surface area contributed by atoms with Crippen molar-refractivity contribution in [1.82, 2.24) is 9.96 Å². The zero-order valence-electron chi connectivity index (χ0n) is 17.2. The summed E-state index contributed by atoms with van der Waals surface area (Å²) in [6, 6.07) is 13.3. The fourth-order valence-electron chi connectivity index (χ4n) is 4.00. The lowest BCUT2D eigenvalue weighted by atomic mass is 9.93.